The van der Waals surface area contributed by atoms with Crippen molar-refractivity contribution in [3.63, 3.8) is 0 Å². The van der Waals surface area contributed by atoms with E-state index in [-0.39, 0.29) is 0 Å². The van der Waals surface area contributed by atoms with Gasteiger partial charge in [-0.05, 0) is 39.7 Å². The maximum absolute atomic E-state index is 10.9. The van der Waals surface area contributed by atoms with Crippen LogP contribution in [0.25, 0.3) is 0 Å². The molecule has 0 spiro atoms. The largest absolute Gasteiger partial charge is 0.481 e. The van der Waals surface area contributed by atoms with Gasteiger partial charge in [0.25, 0.3) is 0 Å². The molecule has 1 saturated carbocycles. The molecule has 2 rings (SSSR count). The third-order valence-corrected chi connectivity index (χ3v) is 3.08. The topological polar surface area (TPSA) is 55.1 Å². The van der Waals surface area contributed by atoms with Crippen molar-refractivity contribution in [2.24, 2.45) is 0 Å². The van der Waals surface area contributed by atoms with E-state index in [0.717, 1.165) is 0 Å². The van der Waals surface area contributed by atoms with Crippen molar-refractivity contribution < 1.29 is 9.90 Å². The van der Waals surface area contributed by atoms with E-state index in [1.807, 2.05) is 10.7 Å². The molecule has 0 bridgehead atoms. The Morgan fingerprint density at radius 1 is 1.50 bits per heavy atom. The van der Waals surface area contributed by atoms with Gasteiger partial charge in [0.1, 0.15) is 0 Å². The first-order valence-corrected chi connectivity index (χ1v) is 5.83. The summed E-state index contributed by atoms with van der Waals surface area (Å²) in [5.41, 5.74) is 1.89. The monoisotopic (exact) mass is 222 g/mol. The Bertz CT molecular complexity index is 386. The summed E-state index contributed by atoms with van der Waals surface area (Å²) >= 11 is 0. The highest BCUT2D eigenvalue weighted by atomic mass is 16.4. The summed E-state index contributed by atoms with van der Waals surface area (Å²) in [6.45, 7) is 5.84. The van der Waals surface area contributed by atoms with Crippen LogP contribution in [-0.4, -0.2) is 20.9 Å². The Balaban J connectivity index is 2.34. The maximum atomic E-state index is 10.9. The zero-order valence-corrected chi connectivity index (χ0v) is 9.97. The molecule has 88 valence electrons. The van der Waals surface area contributed by atoms with Crippen molar-refractivity contribution in [1.29, 1.82) is 0 Å². The highest BCUT2D eigenvalue weighted by molar-refractivity contribution is 5.74. The van der Waals surface area contributed by atoms with Gasteiger partial charge in [0.05, 0.1) is 11.6 Å². The SMILES string of the molecule is CC(C(=O)O)c1cc(C2CC2)n(C(C)C)n1. The normalized spacial score (nSPS) is 17.8. The van der Waals surface area contributed by atoms with Crippen LogP contribution in [0.2, 0.25) is 0 Å². The average molecular weight is 222 g/mol. The van der Waals surface area contributed by atoms with Gasteiger partial charge in [-0.15, -0.1) is 0 Å². The molecule has 1 aliphatic carbocycles. The molecule has 1 N–H and O–H groups in total. The second-order valence-electron chi connectivity index (χ2n) is 4.87. The number of carbonyl (C=O) groups is 1. The molecule has 16 heavy (non-hydrogen) atoms. The number of nitrogens with zero attached hydrogens (tertiary/aromatic N) is 2. The fourth-order valence-corrected chi connectivity index (χ4v) is 1.86. The van der Waals surface area contributed by atoms with Crippen molar-refractivity contribution in [2.75, 3.05) is 0 Å². The van der Waals surface area contributed by atoms with Gasteiger partial charge in [-0.25, -0.2) is 0 Å². The Kier molecular flexibility index (Phi) is 2.74. The third-order valence-electron chi connectivity index (χ3n) is 3.08. The lowest BCUT2D eigenvalue weighted by molar-refractivity contribution is -0.138. The smallest absolute Gasteiger partial charge is 0.312 e. The van der Waals surface area contributed by atoms with Crippen molar-refractivity contribution in [2.45, 2.75) is 51.5 Å². The molecular weight excluding hydrogens is 204 g/mol. The van der Waals surface area contributed by atoms with Crippen molar-refractivity contribution >= 4 is 5.97 Å². The molecule has 1 aromatic heterocycles. The first kappa shape index (κ1) is 11.2. The second-order valence-corrected chi connectivity index (χ2v) is 4.87. The van der Waals surface area contributed by atoms with Crippen LogP contribution >= 0.6 is 0 Å². The van der Waals surface area contributed by atoms with Crippen LogP contribution in [0, 0.1) is 0 Å². The number of carboxylic acids is 1. The van der Waals surface area contributed by atoms with E-state index in [9.17, 15) is 4.79 Å². The molecule has 0 radical (unpaired) electrons. The standard InChI is InChI=1S/C12H18N2O2/c1-7(2)14-11(9-4-5-9)6-10(13-14)8(3)12(15)16/h6-9H,4-5H2,1-3H3,(H,15,16). The van der Waals surface area contributed by atoms with E-state index in [1.54, 1.807) is 6.92 Å². The zero-order valence-electron chi connectivity index (χ0n) is 9.97. The molecular formula is C12H18N2O2. The van der Waals surface area contributed by atoms with E-state index in [0.29, 0.717) is 17.7 Å². The quantitative estimate of drug-likeness (QED) is 0.851. The molecule has 1 unspecified atom stereocenters. The molecule has 1 heterocycles. The van der Waals surface area contributed by atoms with Gasteiger partial charge < -0.3 is 5.11 Å². The van der Waals surface area contributed by atoms with Crippen LogP contribution in [0.4, 0.5) is 0 Å². The average Bonchev–Trinajstić information content (AvgIpc) is 2.96. The van der Waals surface area contributed by atoms with Crippen LogP contribution in [0.1, 0.15) is 62.9 Å². The lowest BCUT2D eigenvalue weighted by Crippen LogP contribution is -2.10. The first-order chi connectivity index (χ1) is 7.50. The van der Waals surface area contributed by atoms with Crippen molar-refractivity contribution in [1.82, 2.24) is 9.78 Å². The number of aromatic nitrogens is 2. The minimum absolute atomic E-state index is 0.297. The van der Waals surface area contributed by atoms with Gasteiger partial charge in [-0.2, -0.15) is 5.10 Å². The van der Waals surface area contributed by atoms with Crippen LogP contribution < -0.4 is 0 Å². The van der Waals surface area contributed by atoms with Gasteiger partial charge in [-0.1, -0.05) is 0 Å². The van der Waals surface area contributed by atoms with Crippen LogP contribution in [0.5, 0.6) is 0 Å². The maximum Gasteiger partial charge on any atom is 0.312 e. The van der Waals surface area contributed by atoms with Gasteiger partial charge in [-0.3, -0.25) is 9.48 Å². The zero-order chi connectivity index (χ0) is 11.9. The molecule has 4 heteroatoms. The van der Waals surface area contributed by atoms with Gasteiger partial charge >= 0.3 is 5.97 Å². The number of hydrogen-bond donors (Lipinski definition) is 1. The van der Waals surface area contributed by atoms with E-state index in [4.69, 9.17) is 5.11 Å². The minimum Gasteiger partial charge on any atom is -0.481 e. The number of hydrogen-bond acceptors (Lipinski definition) is 2. The van der Waals surface area contributed by atoms with E-state index in [2.05, 4.69) is 18.9 Å². The summed E-state index contributed by atoms with van der Waals surface area (Å²) in [5.74, 6) is -0.724. The molecule has 0 aromatic carbocycles. The summed E-state index contributed by atoms with van der Waals surface area (Å²) in [6, 6.07) is 2.27. The molecule has 1 fully saturated rings. The Morgan fingerprint density at radius 2 is 2.12 bits per heavy atom. The molecule has 4 nitrogen and oxygen atoms in total. The third kappa shape index (κ3) is 1.96. The van der Waals surface area contributed by atoms with Crippen LogP contribution in [0.3, 0.4) is 0 Å². The molecule has 0 aliphatic heterocycles. The van der Waals surface area contributed by atoms with E-state index < -0.39 is 11.9 Å². The summed E-state index contributed by atoms with van der Waals surface area (Å²) in [4.78, 5) is 10.9. The van der Waals surface area contributed by atoms with Crippen molar-refractivity contribution in [3.8, 4) is 0 Å². The molecule has 0 amide bonds. The van der Waals surface area contributed by atoms with E-state index in [1.165, 1.54) is 18.5 Å². The van der Waals surface area contributed by atoms with Crippen LogP contribution in [-0.2, 0) is 4.79 Å². The van der Waals surface area contributed by atoms with E-state index >= 15 is 0 Å². The molecule has 1 atom stereocenters. The molecule has 1 aromatic rings. The van der Waals surface area contributed by atoms with Gasteiger partial charge in [0, 0.05) is 17.7 Å². The fraction of sp³-hybridized carbons (Fsp3) is 0.667. The van der Waals surface area contributed by atoms with Crippen molar-refractivity contribution in [3.05, 3.63) is 17.5 Å². The fourth-order valence-electron chi connectivity index (χ4n) is 1.86. The number of rotatable bonds is 4. The van der Waals surface area contributed by atoms with Crippen LogP contribution in [0.15, 0.2) is 6.07 Å². The summed E-state index contributed by atoms with van der Waals surface area (Å²) < 4.78 is 1.98. The number of carboxylic acid groups (broad SMARTS) is 1. The Labute approximate surface area is 95.3 Å². The Morgan fingerprint density at radius 3 is 2.56 bits per heavy atom. The minimum atomic E-state index is -0.809. The molecule has 1 aliphatic rings. The summed E-state index contributed by atoms with van der Waals surface area (Å²) in [6.07, 6.45) is 2.42. The second kappa shape index (κ2) is 3.92. The highest BCUT2D eigenvalue weighted by Crippen LogP contribution is 2.41. The lowest BCUT2D eigenvalue weighted by atomic mass is 10.1. The van der Waals surface area contributed by atoms with Gasteiger partial charge in [0.2, 0.25) is 0 Å². The predicted octanol–water partition coefficient (Wildman–Crippen LogP) is 2.53. The number of aliphatic carboxylic acids is 1. The first-order valence-electron chi connectivity index (χ1n) is 5.83. The lowest BCUT2D eigenvalue weighted by Gasteiger charge is -2.09. The molecule has 0 saturated heterocycles. The predicted molar refractivity (Wildman–Crippen MR) is 60.6 cm³/mol. The Hall–Kier alpha value is -1.32. The highest BCUT2D eigenvalue weighted by Gasteiger charge is 2.30. The summed E-state index contributed by atoms with van der Waals surface area (Å²) in [5, 5.41) is 13.4. The summed E-state index contributed by atoms with van der Waals surface area (Å²) in [7, 11) is 0. The van der Waals surface area contributed by atoms with Gasteiger partial charge in [0.15, 0.2) is 0 Å².